The van der Waals surface area contributed by atoms with Gasteiger partial charge in [0.25, 0.3) is 0 Å². The van der Waals surface area contributed by atoms with Crippen molar-refractivity contribution in [1.82, 2.24) is 5.32 Å². The van der Waals surface area contributed by atoms with E-state index in [-0.39, 0.29) is 0 Å². The van der Waals surface area contributed by atoms with E-state index in [1.165, 1.54) is 24.8 Å². The molecule has 1 aromatic rings. The van der Waals surface area contributed by atoms with Gasteiger partial charge in [-0.05, 0) is 62.1 Å². The number of hydrogen-bond acceptors (Lipinski definition) is 1. The van der Waals surface area contributed by atoms with E-state index in [2.05, 4.69) is 37.5 Å². The first-order valence-corrected chi connectivity index (χ1v) is 6.54. The maximum absolute atomic E-state index is 3.35. The number of rotatable bonds is 3. The van der Waals surface area contributed by atoms with Crippen LogP contribution in [0.25, 0.3) is 0 Å². The third kappa shape index (κ3) is 1.67. The zero-order valence-corrected chi connectivity index (χ0v) is 10.3. The normalized spacial score (nSPS) is 28.1. The van der Waals surface area contributed by atoms with E-state index in [4.69, 9.17) is 0 Å². The molecule has 2 aliphatic carbocycles. The number of fused-ring (bicyclic) bond motifs is 1. The van der Waals surface area contributed by atoms with Crippen molar-refractivity contribution in [2.24, 2.45) is 5.92 Å². The molecule has 2 unspecified atom stereocenters. The van der Waals surface area contributed by atoms with Crippen LogP contribution in [0.1, 0.15) is 47.8 Å². The van der Waals surface area contributed by atoms with Gasteiger partial charge in [0.15, 0.2) is 0 Å². The molecule has 0 saturated heterocycles. The highest BCUT2D eigenvalue weighted by Gasteiger charge is 2.39. The SMILES string of the molecule is CNCC1CC(C2CC2)c2cc(C)ccc21. The van der Waals surface area contributed by atoms with Gasteiger partial charge in [0.05, 0.1) is 0 Å². The van der Waals surface area contributed by atoms with Gasteiger partial charge in [-0.3, -0.25) is 0 Å². The predicted octanol–water partition coefficient (Wildman–Crippen LogP) is 3.20. The smallest absolute Gasteiger partial charge is 0.00174 e. The van der Waals surface area contributed by atoms with Crippen LogP contribution in [0.4, 0.5) is 0 Å². The van der Waals surface area contributed by atoms with Crippen molar-refractivity contribution >= 4 is 0 Å². The van der Waals surface area contributed by atoms with Crippen LogP contribution >= 0.6 is 0 Å². The lowest BCUT2D eigenvalue weighted by Gasteiger charge is -2.10. The molecule has 1 nitrogen and oxygen atoms in total. The Labute approximate surface area is 98.3 Å². The summed E-state index contributed by atoms with van der Waals surface area (Å²) in [5, 5.41) is 3.35. The lowest BCUT2D eigenvalue weighted by Crippen LogP contribution is -2.15. The molecule has 0 bridgehead atoms. The van der Waals surface area contributed by atoms with Crippen LogP contribution in [-0.4, -0.2) is 13.6 Å². The van der Waals surface area contributed by atoms with E-state index in [9.17, 15) is 0 Å². The minimum Gasteiger partial charge on any atom is -0.319 e. The zero-order valence-electron chi connectivity index (χ0n) is 10.3. The highest BCUT2D eigenvalue weighted by Crippen LogP contribution is 2.53. The Hall–Kier alpha value is -0.820. The van der Waals surface area contributed by atoms with Crippen LogP contribution in [0.15, 0.2) is 18.2 Å². The monoisotopic (exact) mass is 215 g/mol. The Morgan fingerprint density at radius 2 is 2.06 bits per heavy atom. The first-order chi connectivity index (χ1) is 7.79. The fourth-order valence-corrected chi connectivity index (χ4v) is 3.33. The maximum atomic E-state index is 3.35. The number of benzene rings is 1. The van der Waals surface area contributed by atoms with Gasteiger partial charge in [-0.2, -0.15) is 0 Å². The van der Waals surface area contributed by atoms with E-state index >= 15 is 0 Å². The Morgan fingerprint density at radius 1 is 1.25 bits per heavy atom. The van der Waals surface area contributed by atoms with Gasteiger partial charge < -0.3 is 5.32 Å². The Balaban J connectivity index is 1.95. The highest BCUT2D eigenvalue weighted by atomic mass is 14.8. The van der Waals surface area contributed by atoms with Crippen LogP contribution < -0.4 is 5.32 Å². The van der Waals surface area contributed by atoms with Gasteiger partial charge in [-0.15, -0.1) is 0 Å². The van der Waals surface area contributed by atoms with E-state index < -0.39 is 0 Å². The summed E-state index contributed by atoms with van der Waals surface area (Å²) >= 11 is 0. The summed E-state index contributed by atoms with van der Waals surface area (Å²) in [5.41, 5.74) is 4.72. The van der Waals surface area contributed by atoms with Crippen molar-refractivity contribution in [2.75, 3.05) is 13.6 Å². The van der Waals surface area contributed by atoms with Gasteiger partial charge in [-0.1, -0.05) is 23.8 Å². The average molecular weight is 215 g/mol. The van der Waals surface area contributed by atoms with Crippen LogP contribution in [0, 0.1) is 12.8 Å². The number of nitrogens with one attached hydrogen (secondary N) is 1. The molecule has 1 heteroatoms. The van der Waals surface area contributed by atoms with E-state index in [1.807, 2.05) is 0 Å². The molecule has 16 heavy (non-hydrogen) atoms. The molecule has 3 rings (SSSR count). The first kappa shape index (κ1) is 10.3. The van der Waals surface area contributed by atoms with Crippen LogP contribution in [0.2, 0.25) is 0 Å². The zero-order chi connectivity index (χ0) is 11.1. The van der Waals surface area contributed by atoms with Crippen molar-refractivity contribution in [1.29, 1.82) is 0 Å². The molecule has 0 aliphatic heterocycles. The fourth-order valence-electron chi connectivity index (χ4n) is 3.33. The molecule has 0 amide bonds. The molecule has 2 aliphatic rings. The minimum absolute atomic E-state index is 0.756. The largest absolute Gasteiger partial charge is 0.319 e. The quantitative estimate of drug-likeness (QED) is 0.816. The number of aryl methyl sites for hydroxylation is 1. The third-order valence-electron chi connectivity index (χ3n) is 4.26. The predicted molar refractivity (Wildman–Crippen MR) is 67.9 cm³/mol. The van der Waals surface area contributed by atoms with Crippen molar-refractivity contribution in [3.63, 3.8) is 0 Å². The van der Waals surface area contributed by atoms with Gasteiger partial charge in [-0.25, -0.2) is 0 Å². The minimum atomic E-state index is 0.756. The summed E-state index contributed by atoms with van der Waals surface area (Å²) in [6.07, 6.45) is 4.30. The summed E-state index contributed by atoms with van der Waals surface area (Å²) in [4.78, 5) is 0. The molecule has 0 spiro atoms. The molecule has 86 valence electrons. The second-order valence-corrected chi connectivity index (χ2v) is 5.57. The highest BCUT2D eigenvalue weighted by molar-refractivity contribution is 5.42. The fraction of sp³-hybridized carbons (Fsp3) is 0.600. The van der Waals surface area contributed by atoms with Crippen molar-refractivity contribution in [3.8, 4) is 0 Å². The van der Waals surface area contributed by atoms with Crippen molar-refractivity contribution in [2.45, 2.75) is 38.0 Å². The molecule has 0 aromatic heterocycles. The van der Waals surface area contributed by atoms with Crippen LogP contribution in [0.5, 0.6) is 0 Å². The molecule has 2 atom stereocenters. The van der Waals surface area contributed by atoms with Gasteiger partial charge >= 0.3 is 0 Å². The second-order valence-electron chi connectivity index (χ2n) is 5.57. The number of hydrogen-bond donors (Lipinski definition) is 1. The van der Waals surface area contributed by atoms with E-state index in [1.54, 1.807) is 11.1 Å². The van der Waals surface area contributed by atoms with Crippen LogP contribution in [-0.2, 0) is 0 Å². The average Bonchev–Trinajstić information content (AvgIpc) is 3.04. The summed E-state index contributed by atoms with van der Waals surface area (Å²) in [5.74, 6) is 2.63. The Kier molecular flexibility index (Phi) is 2.51. The summed E-state index contributed by atoms with van der Waals surface area (Å²) < 4.78 is 0. The topological polar surface area (TPSA) is 12.0 Å². The summed E-state index contributed by atoms with van der Waals surface area (Å²) in [6, 6.07) is 7.08. The maximum Gasteiger partial charge on any atom is 0.00174 e. The van der Waals surface area contributed by atoms with Crippen molar-refractivity contribution in [3.05, 3.63) is 34.9 Å². The molecule has 1 fully saturated rings. The van der Waals surface area contributed by atoms with E-state index in [0.29, 0.717) is 0 Å². The standard InChI is InChI=1S/C15H21N/c1-10-3-6-13-12(9-16-2)8-14(11-4-5-11)15(13)7-10/h3,6-7,11-12,14,16H,4-5,8-9H2,1-2H3. The molecule has 0 radical (unpaired) electrons. The Bertz CT molecular complexity index is 392. The lowest BCUT2D eigenvalue weighted by molar-refractivity contribution is 0.525. The van der Waals surface area contributed by atoms with Crippen molar-refractivity contribution < 1.29 is 0 Å². The van der Waals surface area contributed by atoms with Gasteiger partial charge in [0, 0.05) is 6.54 Å². The molecule has 1 saturated carbocycles. The molecule has 1 aromatic carbocycles. The molecular weight excluding hydrogens is 194 g/mol. The van der Waals surface area contributed by atoms with Gasteiger partial charge in [0.1, 0.15) is 0 Å². The second kappa shape index (κ2) is 3.89. The van der Waals surface area contributed by atoms with Gasteiger partial charge in [0.2, 0.25) is 0 Å². The lowest BCUT2D eigenvalue weighted by atomic mass is 9.95. The van der Waals surface area contributed by atoms with Crippen LogP contribution in [0.3, 0.4) is 0 Å². The Morgan fingerprint density at radius 3 is 2.75 bits per heavy atom. The van der Waals surface area contributed by atoms with E-state index in [0.717, 1.165) is 24.3 Å². The third-order valence-corrected chi connectivity index (χ3v) is 4.26. The first-order valence-electron chi connectivity index (χ1n) is 6.54. The molecule has 0 heterocycles. The molecular formula is C15H21N. The number of likely N-dealkylation sites (N-methyl/N-ethyl adjacent to an activating group) is 1. The summed E-state index contributed by atoms with van der Waals surface area (Å²) in [7, 11) is 2.07. The summed E-state index contributed by atoms with van der Waals surface area (Å²) in [6.45, 7) is 3.36. The molecule has 1 N–H and O–H groups in total.